The third kappa shape index (κ3) is 8.78. The van der Waals surface area contributed by atoms with Crippen LogP contribution in [0.15, 0.2) is 54.6 Å². The molecule has 0 radical (unpaired) electrons. The molecular weight excluding hydrogens is 456 g/mol. The third-order valence-electron chi connectivity index (χ3n) is 5.21. The van der Waals surface area contributed by atoms with Crippen molar-refractivity contribution in [3.8, 4) is 0 Å². The number of nitrogens with zero attached hydrogens (tertiary/aromatic N) is 1. The molecule has 0 aromatic heterocycles. The largest absolute Gasteiger partial charge is 0.480 e. The van der Waals surface area contributed by atoms with Crippen LogP contribution < -0.4 is 10.2 Å². The van der Waals surface area contributed by atoms with Crippen molar-refractivity contribution in [1.82, 2.24) is 5.32 Å². The molecule has 0 saturated heterocycles. The van der Waals surface area contributed by atoms with Gasteiger partial charge in [0.25, 0.3) is 0 Å². The summed E-state index contributed by atoms with van der Waals surface area (Å²) < 4.78 is 0. The number of thioether (sulfide) groups is 2. The van der Waals surface area contributed by atoms with Crippen LogP contribution in [-0.2, 0) is 15.3 Å². The fourth-order valence-electron chi connectivity index (χ4n) is 2.84. The summed E-state index contributed by atoms with van der Waals surface area (Å²) in [6.45, 7) is 5.96. The van der Waals surface area contributed by atoms with Crippen LogP contribution in [-0.4, -0.2) is 52.7 Å². The molecule has 0 heterocycles. The van der Waals surface area contributed by atoms with Crippen molar-refractivity contribution in [3.63, 3.8) is 0 Å². The number of carbonyl (C=O) groups is 3. The van der Waals surface area contributed by atoms with E-state index in [0.29, 0.717) is 17.4 Å². The highest BCUT2D eigenvalue weighted by Crippen LogP contribution is 2.20. The molecular formula is C25H32N2O4S2. The van der Waals surface area contributed by atoms with Crippen LogP contribution in [0.25, 0.3) is 0 Å². The first kappa shape index (κ1) is 26.8. The molecule has 2 aromatic rings. The third-order valence-corrected chi connectivity index (χ3v) is 7.48. The zero-order valence-corrected chi connectivity index (χ0v) is 21.1. The van der Waals surface area contributed by atoms with Gasteiger partial charge < -0.3 is 15.3 Å². The fourth-order valence-corrected chi connectivity index (χ4v) is 4.71. The second-order valence-corrected chi connectivity index (χ2v) is 10.2. The van der Waals surface area contributed by atoms with E-state index in [1.54, 1.807) is 31.2 Å². The van der Waals surface area contributed by atoms with Crippen molar-refractivity contribution in [3.05, 3.63) is 65.7 Å². The van der Waals surface area contributed by atoms with E-state index in [9.17, 15) is 19.5 Å². The maximum Gasteiger partial charge on any atom is 0.327 e. The number of nitrogens with one attached hydrogen (secondary N) is 1. The van der Waals surface area contributed by atoms with Gasteiger partial charge in [-0.1, -0.05) is 61.2 Å². The lowest BCUT2D eigenvalue weighted by molar-refractivity contribution is -0.141. The van der Waals surface area contributed by atoms with Crippen molar-refractivity contribution in [2.45, 2.75) is 38.6 Å². The summed E-state index contributed by atoms with van der Waals surface area (Å²) in [4.78, 5) is 38.5. The Morgan fingerprint density at radius 2 is 1.61 bits per heavy atom. The van der Waals surface area contributed by atoms with Crippen LogP contribution >= 0.6 is 23.5 Å². The molecule has 1 amide bonds. The maximum absolute atomic E-state index is 12.5. The molecule has 178 valence electrons. The summed E-state index contributed by atoms with van der Waals surface area (Å²) in [6.07, 6.45) is 0. The molecule has 8 heteroatoms. The van der Waals surface area contributed by atoms with Crippen molar-refractivity contribution in [2.24, 2.45) is 5.92 Å². The van der Waals surface area contributed by atoms with Gasteiger partial charge in [-0.05, 0) is 31.5 Å². The van der Waals surface area contributed by atoms with Gasteiger partial charge in [0.15, 0.2) is 0 Å². The monoisotopic (exact) mass is 488 g/mol. The van der Waals surface area contributed by atoms with Gasteiger partial charge in [0.05, 0.1) is 0 Å². The lowest BCUT2D eigenvalue weighted by Crippen LogP contribution is -2.45. The Morgan fingerprint density at radius 1 is 0.970 bits per heavy atom. The number of hydrogen-bond donors (Lipinski definition) is 2. The van der Waals surface area contributed by atoms with Crippen molar-refractivity contribution in [2.75, 3.05) is 23.5 Å². The minimum Gasteiger partial charge on any atom is -0.480 e. The van der Waals surface area contributed by atoms with Crippen molar-refractivity contribution < 1.29 is 19.5 Å². The zero-order chi connectivity index (χ0) is 24.4. The standard InChI is InChI=1S/C25H32N2O4S2/c1-17(2)27(4)21-12-10-19(11-13-21)15-32-16-22(24(29)30)26-23(28)18(3)14-33-25(31)20-8-6-5-7-9-20/h5-13,17-18,22H,14-16H2,1-4H3,(H,26,28)(H,29,30)/t18-,22+/m1/s1. The maximum atomic E-state index is 12.5. The number of amides is 1. The van der Waals surface area contributed by atoms with E-state index in [1.165, 1.54) is 11.8 Å². The van der Waals surface area contributed by atoms with E-state index < -0.39 is 17.9 Å². The van der Waals surface area contributed by atoms with E-state index in [4.69, 9.17) is 0 Å². The van der Waals surface area contributed by atoms with Crippen molar-refractivity contribution >= 4 is 46.2 Å². The van der Waals surface area contributed by atoms with E-state index in [1.807, 2.05) is 25.2 Å². The van der Waals surface area contributed by atoms with Crippen LogP contribution in [0.3, 0.4) is 0 Å². The van der Waals surface area contributed by atoms with Gasteiger partial charge in [-0.25, -0.2) is 4.79 Å². The minimum atomic E-state index is -1.06. The summed E-state index contributed by atoms with van der Waals surface area (Å²) in [5.41, 5.74) is 2.81. The van der Waals surface area contributed by atoms with Crippen LogP contribution in [0.4, 0.5) is 5.69 Å². The Kier molecular flexibility index (Phi) is 10.8. The second-order valence-electron chi connectivity index (χ2n) is 8.15. The van der Waals surface area contributed by atoms with E-state index in [2.05, 4.69) is 36.2 Å². The molecule has 2 aromatic carbocycles. The Hall–Kier alpha value is -2.45. The summed E-state index contributed by atoms with van der Waals surface area (Å²) in [5.74, 6) is -0.710. The van der Waals surface area contributed by atoms with Crippen LogP contribution in [0.5, 0.6) is 0 Å². The SMILES string of the molecule is CC(C)N(C)c1ccc(CSC[C@H](NC(=O)[C@H](C)CSC(=O)c2ccccc2)C(=O)O)cc1. The topological polar surface area (TPSA) is 86.7 Å². The van der Waals surface area contributed by atoms with Crippen LogP contribution in [0.2, 0.25) is 0 Å². The smallest absolute Gasteiger partial charge is 0.327 e. The lowest BCUT2D eigenvalue weighted by atomic mass is 10.2. The summed E-state index contributed by atoms with van der Waals surface area (Å²) in [5, 5.41) is 12.0. The average Bonchev–Trinajstić information content (AvgIpc) is 2.81. The summed E-state index contributed by atoms with van der Waals surface area (Å²) >= 11 is 2.53. The molecule has 2 atom stereocenters. The van der Waals surface area contributed by atoms with Gasteiger partial charge >= 0.3 is 5.97 Å². The minimum absolute atomic E-state index is 0.105. The first-order valence-electron chi connectivity index (χ1n) is 10.8. The molecule has 0 aliphatic heterocycles. The van der Waals surface area contributed by atoms with Gasteiger partial charge in [0.1, 0.15) is 6.04 Å². The fraction of sp³-hybridized carbons (Fsp3) is 0.400. The normalized spacial score (nSPS) is 12.8. The molecule has 0 aliphatic rings. The van der Waals surface area contributed by atoms with Gasteiger partial charge in [-0.3, -0.25) is 9.59 Å². The van der Waals surface area contributed by atoms with Gasteiger partial charge in [-0.2, -0.15) is 11.8 Å². The Labute approximate surface area is 204 Å². The van der Waals surface area contributed by atoms with E-state index in [-0.39, 0.29) is 22.5 Å². The first-order chi connectivity index (χ1) is 15.7. The number of rotatable bonds is 12. The molecule has 2 N–H and O–H groups in total. The molecule has 33 heavy (non-hydrogen) atoms. The molecule has 0 unspecified atom stereocenters. The first-order valence-corrected chi connectivity index (χ1v) is 13.0. The second kappa shape index (κ2) is 13.3. The molecule has 0 aliphatic carbocycles. The van der Waals surface area contributed by atoms with Crippen LogP contribution in [0, 0.1) is 5.92 Å². The molecule has 2 rings (SSSR count). The molecule has 0 spiro atoms. The van der Waals surface area contributed by atoms with Gasteiger partial charge in [0, 0.05) is 47.5 Å². The molecule has 0 fully saturated rings. The number of carboxylic acid groups (broad SMARTS) is 1. The molecule has 0 saturated carbocycles. The highest BCUT2D eigenvalue weighted by molar-refractivity contribution is 8.14. The quantitative estimate of drug-likeness (QED) is 0.453. The molecule has 6 nitrogen and oxygen atoms in total. The average molecular weight is 489 g/mol. The van der Waals surface area contributed by atoms with Gasteiger partial charge in [-0.15, -0.1) is 0 Å². The number of anilines is 1. The Morgan fingerprint density at radius 3 is 2.18 bits per heavy atom. The number of carboxylic acids is 1. The zero-order valence-electron chi connectivity index (χ0n) is 19.5. The number of aliphatic carboxylic acids is 1. The van der Waals surface area contributed by atoms with E-state index in [0.717, 1.165) is 23.0 Å². The highest BCUT2D eigenvalue weighted by atomic mass is 32.2. The Bertz CT molecular complexity index is 920. The van der Waals surface area contributed by atoms with Crippen molar-refractivity contribution in [1.29, 1.82) is 0 Å². The summed E-state index contributed by atoms with van der Waals surface area (Å²) in [6, 6.07) is 16.5. The number of hydrogen-bond acceptors (Lipinski definition) is 6. The highest BCUT2D eigenvalue weighted by Gasteiger charge is 2.23. The number of carbonyl (C=O) groups excluding carboxylic acids is 2. The van der Waals surface area contributed by atoms with Crippen LogP contribution in [0.1, 0.15) is 36.7 Å². The lowest BCUT2D eigenvalue weighted by Gasteiger charge is -2.23. The summed E-state index contributed by atoms with van der Waals surface area (Å²) in [7, 11) is 2.05. The molecule has 0 bridgehead atoms. The number of benzene rings is 2. The predicted molar refractivity (Wildman–Crippen MR) is 138 cm³/mol. The predicted octanol–water partition coefficient (Wildman–Crippen LogP) is 4.54. The van der Waals surface area contributed by atoms with Gasteiger partial charge in [0.2, 0.25) is 11.0 Å². The Balaban J connectivity index is 1.80. The van der Waals surface area contributed by atoms with E-state index >= 15 is 0 Å².